The van der Waals surface area contributed by atoms with Gasteiger partial charge >= 0.3 is 0 Å². The predicted molar refractivity (Wildman–Crippen MR) is 130 cm³/mol. The molecule has 0 amide bonds. The number of pyridine rings is 1. The molecular weight excluding hydrogens is 454 g/mol. The average Bonchev–Trinajstić information content (AvgIpc) is 2.83. The number of nitrogens with zero attached hydrogens (tertiary/aromatic N) is 5. The van der Waals surface area contributed by atoms with Crippen molar-refractivity contribution < 1.29 is 4.74 Å². The first-order chi connectivity index (χ1) is 16.3. The second kappa shape index (κ2) is 8.77. The lowest BCUT2D eigenvalue weighted by molar-refractivity contribution is 0.00406. The number of hydrogen-bond donors (Lipinski definition) is 0. The molecule has 0 aliphatic carbocycles. The molecule has 9 heteroatoms. The highest BCUT2D eigenvalue weighted by atomic mass is 35.5. The van der Waals surface area contributed by atoms with Crippen molar-refractivity contribution >= 4 is 22.9 Å². The molecule has 2 atom stereocenters. The van der Waals surface area contributed by atoms with Crippen LogP contribution in [-0.4, -0.2) is 30.7 Å². The quantitative estimate of drug-likeness (QED) is 0.446. The van der Waals surface area contributed by atoms with Gasteiger partial charge in [0.2, 0.25) is 5.56 Å². The van der Waals surface area contributed by atoms with Gasteiger partial charge in [0.15, 0.2) is 11.3 Å². The zero-order valence-corrected chi connectivity index (χ0v) is 19.9. The molecule has 1 aromatic carbocycles. The monoisotopic (exact) mass is 477 g/mol. The first kappa shape index (κ1) is 22.4. The fourth-order valence-electron chi connectivity index (χ4n) is 4.36. The number of halogens is 1. The minimum absolute atomic E-state index is 0.0811. The molecule has 1 aliphatic rings. The van der Waals surface area contributed by atoms with Gasteiger partial charge in [-0.3, -0.25) is 14.2 Å². The number of fused-ring (bicyclic) bond motifs is 1. The molecule has 8 nitrogen and oxygen atoms in total. The van der Waals surface area contributed by atoms with Crippen LogP contribution in [0.25, 0.3) is 17.0 Å². The van der Waals surface area contributed by atoms with E-state index in [1.165, 1.54) is 10.6 Å². The standard InChI is InChI=1S/C25H24ClN5O3/c1-14-15(2)28-24-23(27-14)29-22(25(33)31(24)19-7-5-18(26)6-8-19)16-10-11-34-20(12-16)17-4-9-21(32)30(3)13-17/h4-9,13,16,20H,10-12H2,1-3H3/t16-,20+/m0/s1. The minimum Gasteiger partial charge on any atom is -0.373 e. The summed E-state index contributed by atoms with van der Waals surface area (Å²) >= 11 is 6.09. The van der Waals surface area contributed by atoms with E-state index < -0.39 is 0 Å². The molecule has 4 heterocycles. The van der Waals surface area contributed by atoms with Gasteiger partial charge in [0.25, 0.3) is 5.56 Å². The summed E-state index contributed by atoms with van der Waals surface area (Å²) in [4.78, 5) is 39.6. The van der Waals surface area contributed by atoms with Crippen molar-refractivity contribution in [3.63, 3.8) is 0 Å². The Bertz CT molecular complexity index is 1510. The van der Waals surface area contributed by atoms with Gasteiger partial charge in [0.05, 0.1) is 23.2 Å². The van der Waals surface area contributed by atoms with E-state index in [1.807, 2.05) is 13.8 Å². The van der Waals surface area contributed by atoms with Crippen LogP contribution in [0.1, 0.15) is 47.5 Å². The maximum atomic E-state index is 13.8. The van der Waals surface area contributed by atoms with Crippen LogP contribution in [0.3, 0.4) is 0 Å². The largest absolute Gasteiger partial charge is 0.373 e. The molecular formula is C25H24ClN5O3. The van der Waals surface area contributed by atoms with E-state index in [1.54, 1.807) is 48.1 Å². The number of benzene rings is 1. The Labute approximate surface area is 200 Å². The van der Waals surface area contributed by atoms with Crippen molar-refractivity contribution in [1.29, 1.82) is 0 Å². The molecule has 34 heavy (non-hydrogen) atoms. The fraction of sp³-hybridized carbons (Fsp3) is 0.320. The molecule has 1 saturated heterocycles. The Morgan fingerprint density at radius 1 is 1.00 bits per heavy atom. The van der Waals surface area contributed by atoms with Gasteiger partial charge in [-0.15, -0.1) is 0 Å². The second-order valence-corrected chi connectivity index (χ2v) is 9.08. The lowest BCUT2D eigenvalue weighted by Gasteiger charge is -2.29. The van der Waals surface area contributed by atoms with E-state index in [4.69, 9.17) is 21.3 Å². The molecule has 0 spiro atoms. The number of ether oxygens (including phenoxy) is 1. The molecule has 5 rings (SSSR count). The van der Waals surface area contributed by atoms with Crippen LogP contribution in [0.2, 0.25) is 5.02 Å². The molecule has 3 aromatic heterocycles. The lowest BCUT2D eigenvalue weighted by Crippen LogP contribution is -2.31. The molecule has 1 aliphatic heterocycles. The third kappa shape index (κ3) is 4.03. The van der Waals surface area contributed by atoms with Gasteiger partial charge < -0.3 is 9.30 Å². The molecule has 4 aromatic rings. The van der Waals surface area contributed by atoms with Crippen molar-refractivity contribution in [1.82, 2.24) is 24.1 Å². The second-order valence-electron chi connectivity index (χ2n) is 8.65. The first-order valence-electron chi connectivity index (χ1n) is 11.1. The van der Waals surface area contributed by atoms with Crippen LogP contribution in [0.15, 0.2) is 52.2 Å². The molecule has 0 saturated carbocycles. The number of aromatic nitrogens is 5. The zero-order chi connectivity index (χ0) is 24.0. The smallest absolute Gasteiger partial charge is 0.278 e. The molecule has 0 bridgehead atoms. The molecule has 174 valence electrons. The van der Waals surface area contributed by atoms with Crippen LogP contribution in [0.5, 0.6) is 0 Å². The minimum atomic E-state index is -0.239. The van der Waals surface area contributed by atoms with E-state index in [0.717, 1.165) is 17.0 Å². The van der Waals surface area contributed by atoms with Gasteiger partial charge in [-0.2, -0.15) is 0 Å². The van der Waals surface area contributed by atoms with Crippen LogP contribution in [-0.2, 0) is 11.8 Å². The van der Waals surface area contributed by atoms with Crippen molar-refractivity contribution in [3.8, 4) is 5.69 Å². The number of hydrogen-bond acceptors (Lipinski definition) is 6. The summed E-state index contributed by atoms with van der Waals surface area (Å²) in [7, 11) is 1.71. The van der Waals surface area contributed by atoms with Crippen molar-refractivity contribution in [2.75, 3.05) is 6.61 Å². The predicted octanol–water partition coefficient (Wildman–Crippen LogP) is 3.78. The Morgan fingerprint density at radius 3 is 2.47 bits per heavy atom. The average molecular weight is 478 g/mol. The summed E-state index contributed by atoms with van der Waals surface area (Å²) in [6, 6.07) is 10.4. The molecule has 0 N–H and O–H groups in total. The van der Waals surface area contributed by atoms with Crippen molar-refractivity contribution in [2.45, 2.75) is 38.7 Å². The topological polar surface area (TPSA) is 91.9 Å². The third-order valence-corrected chi connectivity index (χ3v) is 6.62. The fourth-order valence-corrected chi connectivity index (χ4v) is 4.48. The Balaban J connectivity index is 1.64. The van der Waals surface area contributed by atoms with E-state index in [-0.39, 0.29) is 23.1 Å². The summed E-state index contributed by atoms with van der Waals surface area (Å²) in [5, 5.41) is 0.582. The van der Waals surface area contributed by atoms with Crippen molar-refractivity contribution in [3.05, 3.63) is 91.0 Å². The van der Waals surface area contributed by atoms with Gasteiger partial charge in [-0.05, 0) is 62.6 Å². The van der Waals surface area contributed by atoms with Crippen molar-refractivity contribution in [2.24, 2.45) is 7.05 Å². The highest BCUT2D eigenvalue weighted by molar-refractivity contribution is 6.30. The van der Waals surface area contributed by atoms with Gasteiger partial charge in [0, 0.05) is 36.9 Å². The highest BCUT2D eigenvalue weighted by Crippen LogP contribution is 2.36. The van der Waals surface area contributed by atoms with Crippen LogP contribution in [0, 0.1) is 13.8 Å². The number of aryl methyl sites for hydroxylation is 3. The zero-order valence-electron chi connectivity index (χ0n) is 19.2. The lowest BCUT2D eigenvalue weighted by atomic mass is 9.90. The normalized spacial score (nSPS) is 18.4. The van der Waals surface area contributed by atoms with E-state index in [2.05, 4.69) is 9.97 Å². The van der Waals surface area contributed by atoms with E-state index in [9.17, 15) is 9.59 Å². The maximum absolute atomic E-state index is 13.8. The van der Waals surface area contributed by atoms with Crippen LogP contribution < -0.4 is 11.1 Å². The summed E-state index contributed by atoms with van der Waals surface area (Å²) in [6.45, 7) is 4.23. The Morgan fingerprint density at radius 2 is 1.74 bits per heavy atom. The summed E-state index contributed by atoms with van der Waals surface area (Å²) in [6.07, 6.45) is 2.78. The third-order valence-electron chi connectivity index (χ3n) is 6.37. The summed E-state index contributed by atoms with van der Waals surface area (Å²) in [5.41, 5.74) is 4.05. The first-order valence-corrected chi connectivity index (χ1v) is 11.5. The maximum Gasteiger partial charge on any atom is 0.278 e. The van der Waals surface area contributed by atoms with E-state index >= 15 is 0 Å². The van der Waals surface area contributed by atoms with Gasteiger partial charge in [0.1, 0.15) is 5.69 Å². The van der Waals surface area contributed by atoms with Crippen LogP contribution >= 0.6 is 11.6 Å². The van der Waals surface area contributed by atoms with E-state index in [0.29, 0.717) is 47.1 Å². The highest BCUT2D eigenvalue weighted by Gasteiger charge is 2.30. The molecule has 0 radical (unpaired) electrons. The molecule has 1 fully saturated rings. The SMILES string of the molecule is Cc1nc2nc([C@H]3CCO[C@@H](c4ccc(=O)n(C)c4)C3)c(=O)n(-c3ccc(Cl)cc3)c2nc1C. The molecule has 0 unspecified atom stereocenters. The Hall–Kier alpha value is -3.36. The summed E-state index contributed by atoms with van der Waals surface area (Å²) < 4.78 is 9.11. The van der Waals surface area contributed by atoms with Crippen LogP contribution in [0.4, 0.5) is 0 Å². The number of rotatable bonds is 3. The van der Waals surface area contributed by atoms with Gasteiger partial charge in [-0.1, -0.05) is 11.6 Å². The Kier molecular flexibility index (Phi) is 5.79. The summed E-state index contributed by atoms with van der Waals surface area (Å²) in [5.74, 6) is -0.130. The van der Waals surface area contributed by atoms with Gasteiger partial charge in [-0.25, -0.2) is 15.0 Å².